The van der Waals surface area contributed by atoms with Crippen molar-refractivity contribution in [1.82, 2.24) is 4.98 Å². The number of pyridine rings is 1. The molecule has 0 saturated carbocycles. The summed E-state index contributed by atoms with van der Waals surface area (Å²) in [6.45, 7) is 2.01. The first kappa shape index (κ1) is 30.7. The standard InChI is InChI=1S/C33H31BClN3O7/c1-2-19-15-25-31(33(41)37(32(25)40)22-6-5-7-23(16-22)38(43)44)26-18-34(42)45-29(30(19)26)12-10-21(28-8-3-4-13-36-28)14-20-9-11-24(39)17-27(20)35/h3-9,11,13-14,16-17,25-26,29,31,39,42H,2,10,12,15,18H2,1H3/b21-14-/t25-,26+,29-,31-/m1/s1. The maximum Gasteiger partial charge on any atom is 0.455 e. The van der Waals surface area contributed by atoms with Gasteiger partial charge < -0.3 is 14.8 Å². The van der Waals surface area contributed by atoms with E-state index < -0.39 is 41.8 Å². The van der Waals surface area contributed by atoms with E-state index in [1.807, 2.05) is 31.2 Å². The molecule has 2 fully saturated rings. The number of allylic oxidation sites excluding steroid dienone is 2. The third kappa shape index (κ3) is 5.91. The highest BCUT2D eigenvalue weighted by atomic mass is 35.5. The number of carbonyl (C=O) groups excluding carboxylic acids is 2. The van der Waals surface area contributed by atoms with Gasteiger partial charge in [0, 0.05) is 18.3 Å². The Hall–Kier alpha value is -4.32. The van der Waals surface area contributed by atoms with Crippen LogP contribution in [0.15, 0.2) is 78.0 Å². The van der Waals surface area contributed by atoms with E-state index in [1.54, 1.807) is 18.3 Å². The van der Waals surface area contributed by atoms with Crippen LogP contribution in [0.5, 0.6) is 5.75 Å². The largest absolute Gasteiger partial charge is 0.508 e. The average molecular weight is 628 g/mol. The molecule has 2 aliphatic heterocycles. The van der Waals surface area contributed by atoms with Crippen LogP contribution in [0, 0.1) is 27.9 Å². The molecule has 4 atom stereocenters. The van der Waals surface area contributed by atoms with Crippen molar-refractivity contribution in [2.75, 3.05) is 4.90 Å². The molecule has 2 N–H and O–H groups in total. The van der Waals surface area contributed by atoms with Crippen LogP contribution in [0.3, 0.4) is 0 Å². The number of non-ortho nitro benzene ring substituents is 1. The summed E-state index contributed by atoms with van der Waals surface area (Å²) < 4.78 is 6.13. The molecule has 2 aromatic carbocycles. The number of imide groups is 1. The van der Waals surface area contributed by atoms with Gasteiger partial charge in [0.05, 0.1) is 39.3 Å². The van der Waals surface area contributed by atoms with Gasteiger partial charge in [0.2, 0.25) is 11.8 Å². The SMILES string of the molecule is CCC1=C2[C@@H](CC/C(=C/c3ccc(O)cc3Cl)c3ccccn3)OB(O)C[C@@H]2[C@@H]2C(=O)N(c3cccc([N+](=O)[O-])c3)C(=O)[C@@H]2C1. The molecule has 6 rings (SSSR count). The number of rotatable bonds is 8. The summed E-state index contributed by atoms with van der Waals surface area (Å²) in [5.41, 5.74) is 4.28. The molecule has 0 bridgehead atoms. The summed E-state index contributed by atoms with van der Waals surface area (Å²) in [6, 6.07) is 15.9. The summed E-state index contributed by atoms with van der Waals surface area (Å²) in [6.07, 6.45) is 5.28. The summed E-state index contributed by atoms with van der Waals surface area (Å²) in [7, 11) is -1.14. The van der Waals surface area contributed by atoms with Gasteiger partial charge in [-0.1, -0.05) is 36.2 Å². The third-order valence-corrected chi connectivity index (χ3v) is 9.34. The molecule has 3 aromatic rings. The molecule has 1 aliphatic carbocycles. The predicted octanol–water partition coefficient (Wildman–Crippen LogP) is 6.08. The topological polar surface area (TPSA) is 143 Å². The number of benzene rings is 2. The van der Waals surface area contributed by atoms with Crippen LogP contribution in [-0.2, 0) is 14.2 Å². The summed E-state index contributed by atoms with van der Waals surface area (Å²) in [4.78, 5) is 44.1. The fraction of sp³-hybridized carbons (Fsp3) is 0.303. The van der Waals surface area contributed by atoms with E-state index in [1.165, 1.54) is 30.3 Å². The van der Waals surface area contributed by atoms with Crippen molar-refractivity contribution >= 4 is 53.6 Å². The molecule has 3 aliphatic rings. The highest BCUT2D eigenvalue weighted by Gasteiger charge is 2.57. The Morgan fingerprint density at radius 3 is 2.69 bits per heavy atom. The van der Waals surface area contributed by atoms with Gasteiger partial charge >= 0.3 is 7.12 Å². The lowest BCUT2D eigenvalue weighted by molar-refractivity contribution is -0.384. The molecule has 10 nitrogen and oxygen atoms in total. The Labute approximate surface area is 265 Å². The zero-order chi connectivity index (χ0) is 31.8. The number of phenolic OH excluding ortho intramolecular Hbond substituents is 1. The molecule has 45 heavy (non-hydrogen) atoms. The predicted molar refractivity (Wildman–Crippen MR) is 170 cm³/mol. The van der Waals surface area contributed by atoms with Crippen LogP contribution in [0.4, 0.5) is 11.4 Å². The monoisotopic (exact) mass is 627 g/mol. The molecule has 12 heteroatoms. The second-order valence-electron chi connectivity index (χ2n) is 11.6. The van der Waals surface area contributed by atoms with E-state index in [0.29, 0.717) is 36.3 Å². The van der Waals surface area contributed by atoms with E-state index in [9.17, 15) is 29.8 Å². The summed E-state index contributed by atoms with van der Waals surface area (Å²) >= 11 is 6.43. The van der Waals surface area contributed by atoms with Gasteiger partial charge in [-0.25, -0.2) is 4.90 Å². The fourth-order valence-electron chi connectivity index (χ4n) is 7.04. The van der Waals surface area contributed by atoms with E-state index in [-0.39, 0.29) is 29.4 Å². The molecule has 2 saturated heterocycles. The zero-order valence-corrected chi connectivity index (χ0v) is 25.3. The minimum atomic E-state index is -1.14. The van der Waals surface area contributed by atoms with Gasteiger partial charge in [-0.3, -0.25) is 24.7 Å². The van der Waals surface area contributed by atoms with Crippen molar-refractivity contribution < 1.29 is 29.3 Å². The van der Waals surface area contributed by atoms with Crippen LogP contribution >= 0.6 is 11.6 Å². The van der Waals surface area contributed by atoms with E-state index in [0.717, 1.165) is 27.3 Å². The second-order valence-corrected chi connectivity index (χ2v) is 12.0. The fourth-order valence-corrected chi connectivity index (χ4v) is 7.27. The lowest BCUT2D eigenvalue weighted by Crippen LogP contribution is -2.46. The quantitative estimate of drug-likeness (QED) is 0.101. The number of nitro groups is 1. The number of fused-ring (bicyclic) bond motifs is 3. The van der Waals surface area contributed by atoms with Crippen LogP contribution in [0.1, 0.15) is 43.9 Å². The van der Waals surface area contributed by atoms with Gasteiger partial charge in [-0.2, -0.15) is 0 Å². The zero-order valence-electron chi connectivity index (χ0n) is 24.5. The van der Waals surface area contributed by atoms with Crippen LogP contribution < -0.4 is 4.90 Å². The average Bonchev–Trinajstić information content (AvgIpc) is 3.28. The normalized spacial score (nSPS) is 23.3. The molecule has 230 valence electrons. The first-order valence-electron chi connectivity index (χ1n) is 14.9. The van der Waals surface area contributed by atoms with E-state index in [2.05, 4.69) is 4.98 Å². The first-order chi connectivity index (χ1) is 21.7. The number of aromatic hydroxyl groups is 1. The number of phenols is 1. The first-order valence-corrected chi connectivity index (χ1v) is 15.3. The van der Waals surface area contributed by atoms with Gasteiger partial charge in [-0.05, 0) is 97.1 Å². The molecule has 0 unspecified atom stereocenters. The molecule has 3 heterocycles. The minimum absolute atomic E-state index is 0.0609. The van der Waals surface area contributed by atoms with Crippen molar-refractivity contribution in [2.24, 2.45) is 17.8 Å². The maximum absolute atomic E-state index is 13.9. The lowest BCUT2D eigenvalue weighted by Gasteiger charge is -2.43. The Balaban J connectivity index is 1.32. The molecule has 0 radical (unpaired) electrons. The van der Waals surface area contributed by atoms with Crippen LogP contribution in [0.25, 0.3) is 11.6 Å². The van der Waals surface area contributed by atoms with Gasteiger partial charge in [-0.15, -0.1) is 0 Å². The third-order valence-electron chi connectivity index (χ3n) is 9.02. The molecule has 2 amide bonds. The maximum atomic E-state index is 13.9. The number of halogens is 1. The number of hydrogen-bond donors (Lipinski definition) is 2. The van der Waals surface area contributed by atoms with E-state index in [4.69, 9.17) is 16.3 Å². The van der Waals surface area contributed by atoms with Crippen molar-refractivity contribution in [3.05, 3.63) is 104 Å². The number of nitrogens with zero attached hydrogens (tertiary/aromatic N) is 3. The molecule has 1 aromatic heterocycles. The van der Waals surface area contributed by atoms with E-state index >= 15 is 0 Å². The number of aromatic nitrogens is 1. The Morgan fingerprint density at radius 1 is 1.16 bits per heavy atom. The second kappa shape index (κ2) is 12.6. The highest BCUT2D eigenvalue weighted by molar-refractivity contribution is 6.43. The summed E-state index contributed by atoms with van der Waals surface area (Å²) in [5.74, 6) is -2.46. The van der Waals surface area contributed by atoms with Gasteiger partial charge in [0.15, 0.2) is 0 Å². The number of anilines is 1. The van der Waals surface area contributed by atoms with Crippen molar-refractivity contribution in [3.63, 3.8) is 0 Å². The molecular formula is C33H31BClN3O7. The van der Waals surface area contributed by atoms with Crippen LogP contribution in [-0.4, -0.2) is 45.1 Å². The Morgan fingerprint density at radius 2 is 1.98 bits per heavy atom. The lowest BCUT2D eigenvalue weighted by atomic mass is 9.58. The van der Waals surface area contributed by atoms with Gasteiger partial charge in [0.1, 0.15) is 5.75 Å². The number of carbonyl (C=O) groups is 2. The number of amides is 2. The number of nitro benzene ring substituents is 1. The summed E-state index contributed by atoms with van der Waals surface area (Å²) in [5, 5.41) is 32.5. The smallest absolute Gasteiger partial charge is 0.455 e. The Bertz CT molecular complexity index is 1730. The van der Waals surface area contributed by atoms with Crippen molar-refractivity contribution in [3.8, 4) is 5.75 Å². The van der Waals surface area contributed by atoms with Crippen molar-refractivity contribution in [2.45, 2.75) is 45.0 Å². The van der Waals surface area contributed by atoms with Gasteiger partial charge in [0.25, 0.3) is 5.69 Å². The molecule has 0 spiro atoms. The van der Waals surface area contributed by atoms with Crippen LogP contribution in [0.2, 0.25) is 11.3 Å². The number of hydrogen-bond acceptors (Lipinski definition) is 8. The van der Waals surface area contributed by atoms with Crippen molar-refractivity contribution in [1.29, 1.82) is 0 Å². The minimum Gasteiger partial charge on any atom is -0.508 e. The molecular weight excluding hydrogens is 597 g/mol. The highest BCUT2D eigenvalue weighted by Crippen LogP contribution is 2.52. The Kier molecular flexibility index (Phi) is 8.59.